The first-order chi connectivity index (χ1) is 3.93. The Kier molecular flexibility index (Phi) is 1.58. The Labute approximate surface area is 51.2 Å². The van der Waals surface area contributed by atoms with Crippen molar-refractivity contribution in [2.45, 2.75) is 0 Å². The Morgan fingerprint density at radius 3 is 3.25 bits per heavy atom. The van der Waals surface area contributed by atoms with Gasteiger partial charge >= 0.3 is 0 Å². The van der Waals surface area contributed by atoms with E-state index < -0.39 is 0 Å². The number of rotatable bonds is 2. The quantitative estimate of drug-likeness (QED) is 0.646. The van der Waals surface area contributed by atoms with Crippen molar-refractivity contribution in [3.8, 4) is 0 Å². The van der Waals surface area contributed by atoms with Gasteiger partial charge in [0.15, 0.2) is 0 Å². The lowest BCUT2D eigenvalue weighted by Crippen LogP contribution is -1.81. The van der Waals surface area contributed by atoms with Crippen LogP contribution >= 0.6 is 11.5 Å². The second-order valence-corrected chi connectivity index (χ2v) is 1.87. The molecule has 0 aliphatic carbocycles. The molecule has 0 unspecified atom stereocenters. The Bertz CT molecular complexity index is 158. The highest BCUT2D eigenvalue weighted by atomic mass is 32.1. The van der Waals surface area contributed by atoms with E-state index in [1.54, 1.807) is 6.20 Å². The first-order valence-corrected chi connectivity index (χ1v) is 2.85. The number of anilines is 1. The number of hydrogen-bond donors (Lipinski definition) is 1. The number of nitrogens with one attached hydrogen (secondary N) is 1. The second kappa shape index (κ2) is 2.42. The van der Waals surface area contributed by atoms with E-state index in [-0.39, 0.29) is 0 Å². The lowest BCUT2D eigenvalue weighted by Gasteiger charge is -1.84. The fourth-order valence-electron chi connectivity index (χ4n) is 0.324. The van der Waals surface area contributed by atoms with Gasteiger partial charge in [-0.3, -0.25) is 0 Å². The Morgan fingerprint density at radius 1 is 1.88 bits per heavy atom. The Balaban J connectivity index is 2.62. The summed E-state index contributed by atoms with van der Waals surface area (Å²) >= 11 is 1.30. The summed E-state index contributed by atoms with van der Waals surface area (Å²) < 4.78 is 3.76. The van der Waals surface area contributed by atoms with Gasteiger partial charge in [-0.15, -0.1) is 0 Å². The van der Waals surface area contributed by atoms with Crippen LogP contribution in [0.4, 0.5) is 5.13 Å². The molecular weight excluding hydrogens is 122 g/mol. The van der Waals surface area contributed by atoms with Gasteiger partial charge in [-0.25, -0.2) is 4.98 Å². The fourth-order valence-corrected chi connectivity index (χ4v) is 0.748. The van der Waals surface area contributed by atoms with Crippen molar-refractivity contribution in [1.29, 1.82) is 0 Å². The third kappa shape index (κ3) is 1.04. The van der Waals surface area contributed by atoms with Gasteiger partial charge in [0.25, 0.3) is 0 Å². The van der Waals surface area contributed by atoms with E-state index >= 15 is 0 Å². The van der Waals surface area contributed by atoms with Crippen LogP contribution in [0.25, 0.3) is 0 Å². The molecule has 0 aliphatic rings. The normalized spacial score (nSPS) is 8.50. The van der Waals surface area contributed by atoms with Crippen LogP contribution in [0, 0.1) is 0 Å². The van der Waals surface area contributed by atoms with E-state index in [9.17, 15) is 0 Å². The smallest absolute Gasteiger partial charge is 0.206 e. The van der Waals surface area contributed by atoms with E-state index in [4.69, 9.17) is 0 Å². The van der Waals surface area contributed by atoms with Crippen LogP contribution in [-0.4, -0.2) is 9.36 Å². The summed E-state index contributed by atoms with van der Waals surface area (Å²) in [5.74, 6) is 0. The Hall–Kier alpha value is -0.900. The van der Waals surface area contributed by atoms with Crippen molar-refractivity contribution in [3.63, 3.8) is 0 Å². The van der Waals surface area contributed by atoms with Gasteiger partial charge in [0, 0.05) is 11.5 Å². The largest absolute Gasteiger partial charge is 0.337 e. The van der Waals surface area contributed by atoms with Crippen molar-refractivity contribution < 1.29 is 0 Å². The van der Waals surface area contributed by atoms with Crippen LogP contribution in [0.15, 0.2) is 19.1 Å². The second-order valence-electron chi connectivity index (χ2n) is 1.09. The van der Waals surface area contributed by atoms with Gasteiger partial charge < -0.3 is 5.32 Å². The predicted octanol–water partition coefficient (Wildman–Crippen LogP) is 1.09. The van der Waals surface area contributed by atoms with Crippen LogP contribution in [0.2, 0.25) is 0 Å². The minimum absolute atomic E-state index is 0.778. The summed E-state index contributed by atoms with van der Waals surface area (Å²) in [6.45, 7) is 3.46. The zero-order valence-corrected chi connectivity index (χ0v) is 4.98. The topological polar surface area (TPSA) is 37.8 Å². The molecule has 1 rings (SSSR count). The van der Waals surface area contributed by atoms with Gasteiger partial charge in [0.1, 0.15) is 6.33 Å². The molecule has 0 aromatic carbocycles. The zero-order chi connectivity index (χ0) is 5.82. The minimum Gasteiger partial charge on any atom is -0.337 e. The average Bonchev–Trinajstić information content (AvgIpc) is 2.19. The molecule has 0 aliphatic heterocycles. The molecule has 0 radical (unpaired) electrons. The van der Waals surface area contributed by atoms with E-state index in [0.717, 1.165) is 5.13 Å². The lowest BCUT2D eigenvalue weighted by atomic mass is 11.0. The summed E-state index contributed by atoms with van der Waals surface area (Å²) in [5.41, 5.74) is 0. The monoisotopic (exact) mass is 127 g/mol. The summed E-state index contributed by atoms with van der Waals surface area (Å²) in [4.78, 5) is 3.83. The zero-order valence-electron chi connectivity index (χ0n) is 4.16. The molecule has 42 valence electrons. The van der Waals surface area contributed by atoms with Gasteiger partial charge in [-0.1, -0.05) is 6.58 Å². The molecule has 0 saturated heterocycles. The van der Waals surface area contributed by atoms with E-state index in [2.05, 4.69) is 21.3 Å². The van der Waals surface area contributed by atoms with Crippen LogP contribution < -0.4 is 5.32 Å². The molecule has 1 N–H and O–H groups in total. The third-order valence-electron chi connectivity index (χ3n) is 0.587. The van der Waals surface area contributed by atoms with Crippen LogP contribution in [0.1, 0.15) is 0 Å². The summed E-state index contributed by atoms with van der Waals surface area (Å²) in [7, 11) is 0. The Morgan fingerprint density at radius 2 is 2.75 bits per heavy atom. The highest BCUT2D eigenvalue weighted by Crippen LogP contribution is 2.04. The standard InChI is InChI=1S/C4H5N3S/c1-2-5-4-6-3-7-8-4/h2-3H,1H2,(H,5,6,7). The summed E-state index contributed by atoms with van der Waals surface area (Å²) in [6.07, 6.45) is 3.07. The van der Waals surface area contributed by atoms with Crippen LogP contribution in [0.5, 0.6) is 0 Å². The average molecular weight is 127 g/mol. The number of hydrogen-bond acceptors (Lipinski definition) is 4. The number of nitrogens with zero attached hydrogens (tertiary/aromatic N) is 2. The maximum Gasteiger partial charge on any atom is 0.206 e. The van der Waals surface area contributed by atoms with E-state index in [1.165, 1.54) is 17.9 Å². The molecule has 0 bridgehead atoms. The van der Waals surface area contributed by atoms with Gasteiger partial charge in [0.05, 0.1) is 0 Å². The summed E-state index contributed by atoms with van der Waals surface area (Å²) in [5, 5.41) is 3.57. The van der Waals surface area contributed by atoms with Gasteiger partial charge in [-0.2, -0.15) is 4.37 Å². The number of aromatic nitrogens is 2. The molecule has 0 saturated carbocycles. The van der Waals surface area contributed by atoms with Gasteiger partial charge in [0.2, 0.25) is 5.13 Å². The molecule has 1 aromatic heterocycles. The summed E-state index contributed by atoms with van der Waals surface area (Å²) in [6, 6.07) is 0. The van der Waals surface area contributed by atoms with Gasteiger partial charge in [-0.05, 0) is 6.20 Å². The van der Waals surface area contributed by atoms with Crippen LogP contribution in [0.3, 0.4) is 0 Å². The van der Waals surface area contributed by atoms with Crippen LogP contribution in [-0.2, 0) is 0 Å². The predicted molar refractivity (Wildman–Crippen MR) is 33.7 cm³/mol. The molecule has 1 aromatic rings. The highest BCUT2D eigenvalue weighted by Gasteiger charge is 1.86. The fraction of sp³-hybridized carbons (Fsp3) is 0. The highest BCUT2D eigenvalue weighted by molar-refractivity contribution is 7.09. The molecule has 0 atom stereocenters. The maximum atomic E-state index is 3.83. The minimum atomic E-state index is 0.778. The first-order valence-electron chi connectivity index (χ1n) is 2.07. The van der Waals surface area contributed by atoms with Crippen molar-refractivity contribution in [2.75, 3.05) is 5.32 Å². The first kappa shape index (κ1) is 5.24. The molecule has 0 amide bonds. The van der Waals surface area contributed by atoms with Crippen molar-refractivity contribution >= 4 is 16.7 Å². The van der Waals surface area contributed by atoms with E-state index in [0.29, 0.717) is 0 Å². The van der Waals surface area contributed by atoms with Crippen molar-refractivity contribution in [1.82, 2.24) is 9.36 Å². The van der Waals surface area contributed by atoms with E-state index in [1.807, 2.05) is 0 Å². The SMILES string of the molecule is C=CNc1ncns1. The molecule has 0 spiro atoms. The third-order valence-corrected chi connectivity index (χ3v) is 1.18. The molecule has 4 heteroatoms. The molecular formula is C4H5N3S. The molecule has 0 fully saturated rings. The molecule has 3 nitrogen and oxygen atoms in total. The van der Waals surface area contributed by atoms with Crippen molar-refractivity contribution in [2.24, 2.45) is 0 Å². The van der Waals surface area contributed by atoms with Crippen molar-refractivity contribution in [3.05, 3.63) is 19.1 Å². The lowest BCUT2D eigenvalue weighted by molar-refractivity contribution is 1.32. The maximum absolute atomic E-state index is 3.83. The molecule has 1 heterocycles. The molecule has 8 heavy (non-hydrogen) atoms.